The summed E-state index contributed by atoms with van der Waals surface area (Å²) in [6.07, 6.45) is -4.44. The van der Waals surface area contributed by atoms with E-state index in [4.69, 9.17) is 5.11 Å². The number of rotatable bonds is 5. The summed E-state index contributed by atoms with van der Waals surface area (Å²) in [5, 5.41) is 8.92. The first-order valence-corrected chi connectivity index (χ1v) is 6.96. The normalized spacial score (nSPS) is 21.4. The molecule has 8 heteroatoms. The minimum absolute atomic E-state index is 0.305. The quantitative estimate of drug-likeness (QED) is 0.901. The monoisotopic (exact) mass is 331 g/mol. The second kappa shape index (κ2) is 6.10. The molecule has 1 amide bonds. The fourth-order valence-electron chi connectivity index (χ4n) is 2.43. The van der Waals surface area contributed by atoms with Crippen LogP contribution >= 0.6 is 0 Å². The third-order valence-corrected chi connectivity index (χ3v) is 3.94. The molecule has 3 atom stereocenters. The molecule has 1 saturated carbocycles. The zero-order valence-electron chi connectivity index (χ0n) is 12.5. The number of likely N-dealkylation sites (N-methyl/N-ethyl adjacent to an activating group) is 1. The van der Waals surface area contributed by atoms with Crippen molar-refractivity contribution in [2.24, 2.45) is 5.92 Å². The molecule has 23 heavy (non-hydrogen) atoms. The lowest BCUT2D eigenvalue weighted by Crippen LogP contribution is -2.41. The fourth-order valence-corrected chi connectivity index (χ4v) is 2.43. The van der Waals surface area contributed by atoms with E-state index in [0.29, 0.717) is 12.0 Å². The minimum atomic E-state index is -4.81. The molecule has 0 radical (unpaired) electrons. The molecule has 1 aliphatic carbocycles. The molecule has 1 fully saturated rings. The summed E-state index contributed by atoms with van der Waals surface area (Å²) in [5.41, 5.74) is 0.305. The Morgan fingerprint density at radius 2 is 1.96 bits per heavy atom. The van der Waals surface area contributed by atoms with Crippen molar-refractivity contribution in [3.8, 4) is 5.75 Å². The van der Waals surface area contributed by atoms with Crippen molar-refractivity contribution in [1.29, 1.82) is 0 Å². The largest absolute Gasteiger partial charge is 0.573 e. The number of carbonyl (C=O) groups excluding carboxylic acids is 1. The Morgan fingerprint density at radius 3 is 2.52 bits per heavy atom. The van der Waals surface area contributed by atoms with Gasteiger partial charge in [0.2, 0.25) is 5.91 Å². The van der Waals surface area contributed by atoms with E-state index < -0.39 is 36.1 Å². The van der Waals surface area contributed by atoms with Crippen LogP contribution in [0.5, 0.6) is 5.75 Å². The molecule has 0 aromatic heterocycles. The van der Waals surface area contributed by atoms with Gasteiger partial charge in [0, 0.05) is 13.0 Å². The zero-order valence-corrected chi connectivity index (χ0v) is 12.5. The van der Waals surface area contributed by atoms with Crippen molar-refractivity contribution in [1.82, 2.24) is 4.90 Å². The highest BCUT2D eigenvalue weighted by Crippen LogP contribution is 2.51. The molecule has 5 nitrogen and oxygen atoms in total. The fraction of sp³-hybridized carbons (Fsp3) is 0.467. The van der Waals surface area contributed by atoms with E-state index in [9.17, 15) is 22.8 Å². The van der Waals surface area contributed by atoms with Gasteiger partial charge in [0.15, 0.2) is 0 Å². The second-order valence-corrected chi connectivity index (χ2v) is 5.50. The van der Waals surface area contributed by atoms with Gasteiger partial charge >= 0.3 is 12.3 Å². The molecule has 0 unspecified atom stereocenters. The molecule has 0 spiro atoms. The molecule has 0 aliphatic heterocycles. The van der Waals surface area contributed by atoms with Gasteiger partial charge in [0.25, 0.3) is 0 Å². The summed E-state index contributed by atoms with van der Waals surface area (Å²) >= 11 is 0. The maximum atomic E-state index is 12.4. The first-order valence-electron chi connectivity index (χ1n) is 6.96. The predicted molar refractivity (Wildman–Crippen MR) is 73.8 cm³/mol. The Bertz CT molecular complexity index is 617. The van der Waals surface area contributed by atoms with Gasteiger partial charge in [-0.25, -0.2) is 4.79 Å². The molecule has 0 saturated heterocycles. The van der Waals surface area contributed by atoms with Crippen LogP contribution in [0.3, 0.4) is 0 Å². The highest BCUT2D eigenvalue weighted by molar-refractivity contribution is 5.87. The number of para-hydroxylation sites is 1. The lowest BCUT2D eigenvalue weighted by Gasteiger charge is -2.21. The van der Waals surface area contributed by atoms with Crippen molar-refractivity contribution >= 4 is 11.9 Å². The van der Waals surface area contributed by atoms with E-state index in [-0.39, 0.29) is 5.75 Å². The van der Waals surface area contributed by atoms with E-state index in [0.717, 1.165) is 4.90 Å². The number of benzene rings is 1. The number of aliphatic carboxylic acids is 1. The molecule has 126 valence electrons. The van der Waals surface area contributed by atoms with Crippen molar-refractivity contribution in [2.45, 2.75) is 31.7 Å². The summed E-state index contributed by atoms with van der Waals surface area (Å²) < 4.78 is 41.3. The van der Waals surface area contributed by atoms with E-state index >= 15 is 0 Å². The van der Waals surface area contributed by atoms with Gasteiger partial charge in [-0.1, -0.05) is 18.2 Å². The summed E-state index contributed by atoms with van der Waals surface area (Å²) in [7, 11) is 1.37. The molecule has 1 N–H and O–H groups in total. The van der Waals surface area contributed by atoms with Crippen LogP contribution in [0.4, 0.5) is 13.2 Å². The lowest BCUT2D eigenvalue weighted by atomic mass is 10.1. The van der Waals surface area contributed by atoms with Crippen LogP contribution in [0.15, 0.2) is 24.3 Å². The molecule has 1 aliphatic rings. The smallest absolute Gasteiger partial charge is 0.480 e. The van der Waals surface area contributed by atoms with Gasteiger partial charge in [-0.15, -0.1) is 13.2 Å². The van der Waals surface area contributed by atoms with Crippen LogP contribution in [0, 0.1) is 5.92 Å². The Balaban J connectivity index is 2.12. The third kappa shape index (κ3) is 3.94. The summed E-state index contributed by atoms with van der Waals surface area (Å²) in [5.74, 6) is -2.79. The Kier molecular flexibility index (Phi) is 4.53. The number of carboxylic acids is 1. The van der Waals surface area contributed by atoms with Gasteiger partial charge in [-0.05, 0) is 30.9 Å². The summed E-state index contributed by atoms with van der Waals surface area (Å²) in [6.45, 7) is 1.37. The molecule has 0 bridgehead atoms. The van der Waals surface area contributed by atoms with Crippen molar-refractivity contribution in [3.05, 3.63) is 29.8 Å². The Morgan fingerprint density at radius 1 is 1.35 bits per heavy atom. The lowest BCUT2D eigenvalue weighted by molar-refractivity contribution is -0.274. The number of nitrogens with zero attached hydrogens (tertiary/aromatic N) is 1. The van der Waals surface area contributed by atoms with E-state index in [1.165, 1.54) is 32.2 Å². The molecule has 2 rings (SSSR count). The van der Waals surface area contributed by atoms with E-state index in [1.54, 1.807) is 6.07 Å². The van der Waals surface area contributed by atoms with Crippen LogP contribution in [0.2, 0.25) is 0 Å². The second-order valence-electron chi connectivity index (χ2n) is 5.50. The minimum Gasteiger partial charge on any atom is -0.480 e. The maximum absolute atomic E-state index is 12.4. The highest BCUT2D eigenvalue weighted by atomic mass is 19.4. The van der Waals surface area contributed by atoms with Gasteiger partial charge in [-0.2, -0.15) is 0 Å². The average molecular weight is 331 g/mol. The Hall–Kier alpha value is -2.25. The SMILES string of the molecule is C[C@H](C(=O)O)N(C)C(=O)[C@@H]1C[C@H]1c1ccccc1OC(F)(F)F. The van der Waals surface area contributed by atoms with Crippen LogP contribution in [-0.2, 0) is 9.59 Å². The standard InChI is InChI=1S/C15H16F3NO4/c1-8(14(21)22)19(2)13(20)11-7-10(11)9-5-3-4-6-12(9)23-15(16,17)18/h3-6,8,10-11H,7H2,1-2H3,(H,21,22)/t8-,10+,11-/m1/s1. The molecule has 0 heterocycles. The number of carboxylic acid groups (broad SMARTS) is 1. The summed E-state index contributed by atoms with van der Waals surface area (Å²) in [4.78, 5) is 24.2. The first kappa shape index (κ1) is 17.1. The third-order valence-electron chi connectivity index (χ3n) is 3.94. The van der Waals surface area contributed by atoms with Crippen molar-refractivity contribution in [3.63, 3.8) is 0 Å². The van der Waals surface area contributed by atoms with Crippen LogP contribution in [-0.4, -0.2) is 41.3 Å². The molecular weight excluding hydrogens is 315 g/mol. The number of halogens is 3. The molecule has 1 aromatic carbocycles. The van der Waals surface area contributed by atoms with Gasteiger partial charge < -0.3 is 14.7 Å². The van der Waals surface area contributed by atoms with Crippen molar-refractivity contribution in [2.75, 3.05) is 7.05 Å². The van der Waals surface area contributed by atoms with Gasteiger partial charge in [0.05, 0.1) is 0 Å². The summed E-state index contributed by atoms with van der Waals surface area (Å²) in [6, 6.07) is 4.68. The predicted octanol–water partition coefficient (Wildman–Crippen LogP) is 2.62. The van der Waals surface area contributed by atoms with E-state index in [2.05, 4.69) is 4.74 Å². The highest BCUT2D eigenvalue weighted by Gasteiger charge is 2.48. The van der Waals surface area contributed by atoms with Crippen LogP contribution < -0.4 is 4.74 Å². The molecular formula is C15H16F3NO4. The number of hydrogen-bond acceptors (Lipinski definition) is 3. The first-order chi connectivity index (χ1) is 10.6. The number of ether oxygens (including phenoxy) is 1. The average Bonchev–Trinajstić information content (AvgIpc) is 3.24. The number of alkyl halides is 3. The molecule has 1 aromatic rings. The number of carbonyl (C=O) groups is 2. The zero-order chi connectivity index (χ0) is 17.4. The van der Waals surface area contributed by atoms with E-state index in [1.807, 2.05) is 0 Å². The number of hydrogen-bond donors (Lipinski definition) is 1. The van der Waals surface area contributed by atoms with Crippen LogP contribution in [0.25, 0.3) is 0 Å². The van der Waals surface area contributed by atoms with Crippen molar-refractivity contribution < 1.29 is 32.6 Å². The number of amides is 1. The van der Waals surface area contributed by atoms with Gasteiger partial charge in [-0.3, -0.25) is 4.79 Å². The Labute approximate surface area is 130 Å². The maximum Gasteiger partial charge on any atom is 0.573 e. The van der Waals surface area contributed by atoms with Crippen LogP contribution in [0.1, 0.15) is 24.8 Å². The van der Waals surface area contributed by atoms with Gasteiger partial charge in [0.1, 0.15) is 11.8 Å². The topological polar surface area (TPSA) is 66.8 Å².